The van der Waals surface area contributed by atoms with Crippen LogP contribution in [0, 0.1) is 13.8 Å². The molecule has 0 fully saturated rings. The van der Waals surface area contributed by atoms with Gasteiger partial charge in [-0.2, -0.15) is 0 Å². The minimum atomic E-state index is 0.697. The lowest BCUT2D eigenvalue weighted by Crippen LogP contribution is -2.31. The first kappa shape index (κ1) is 15.8. The van der Waals surface area contributed by atoms with Crippen LogP contribution in [-0.2, 0) is 26.6 Å². The van der Waals surface area contributed by atoms with Crippen LogP contribution in [0.2, 0.25) is 0 Å². The number of nitrogens with zero attached hydrogens (tertiary/aromatic N) is 7. The molecule has 3 aromatic rings. The Balaban J connectivity index is 1.53. The van der Waals surface area contributed by atoms with Crippen LogP contribution in [0.3, 0.4) is 0 Å². The van der Waals surface area contributed by atoms with E-state index in [2.05, 4.69) is 50.3 Å². The lowest BCUT2D eigenvalue weighted by Gasteiger charge is -2.27. The zero-order valence-corrected chi connectivity index (χ0v) is 14.8. The predicted molar refractivity (Wildman–Crippen MR) is 93.6 cm³/mol. The van der Waals surface area contributed by atoms with E-state index in [9.17, 15) is 0 Å². The van der Waals surface area contributed by atoms with Gasteiger partial charge in [-0.3, -0.25) is 4.90 Å². The quantitative estimate of drug-likeness (QED) is 0.727. The van der Waals surface area contributed by atoms with Gasteiger partial charge >= 0.3 is 0 Å². The van der Waals surface area contributed by atoms with Gasteiger partial charge in [0.25, 0.3) is 0 Å². The van der Waals surface area contributed by atoms with Crippen molar-refractivity contribution in [2.75, 3.05) is 6.54 Å². The zero-order valence-electron chi connectivity index (χ0n) is 14.8. The summed E-state index contributed by atoms with van der Waals surface area (Å²) < 4.78 is 2.18. The van der Waals surface area contributed by atoms with Gasteiger partial charge < -0.3 is 4.57 Å². The molecule has 1 aliphatic rings. The first-order valence-corrected chi connectivity index (χ1v) is 8.43. The first-order valence-electron chi connectivity index (χ1n) is 8.43. The highest BCUT2D eigenvalue weighted by Gasteiger charge is 2.21. The minimum Gasteiger partial charge on any atom is -0.334 e. The zero-order chi connectivity index (χ0) is 17.4. The Labute approximate surface area is 146 Å². The van der Waals surface area contributed by atoms with E-state index < -0.39 is 0 Å². The van der Waals surface area contributed by atoms with E-state index in [1.165, 1.54) is 17.6 Å². The van der Waals surface area contributed by atoms with Crippen LogP contribution in [0.25, 0.3) is 11.4 Å². The number of imidazole rings is 1. The summed E-state index contributed by atoms with van der Waals surface area (Å²) >= 11 is 0. The van der Waals surface area contributed by atoms with Crippen molar-refractivity contribution in [1.29, 1.82) is 0 Å². The number of hydrogen-bond acceptors (Lipinski definition) is 6. The highest BCUT2D eigenvalue weighted by atomic mass is 15.2. The molecule has 0 radical (unpaired) electrons. The lowest BCUT2D eigenvalue weighted by atomic mass is 10.1. The summed E-state index contributed by atoms with van der Waals surface area (Å²) in [5, 5.41) is 0. The molecule has 0 atom stereocenters. The van der Waals surface area contributed by atoms with E-state index in [-0.39, 0.29) is 0 Å². The largest absolute Gasteiger partial charge is 0.334 e. The third kappa shape index (κ3) is 3.02. The molecule has 3 aromatic heterocycles. The molecule has 0 saturated carbocycles. The molecular formula is C18H21N7. The van der Waals surface area contributed by atoms with Gasteiger partial charge in [0.15, 0.2) is 5.82 Å². The Morgan fingerprint density at radius 2 is 1.88 bits per heavy atom. The Morgan fingerprint density at radius 1 is 1.08 bits per heavy atom. The van der Waals surface area contributed by atoms with Crippen LogP contribution in [0.5, 0.6) is 0 Å². The van der Waals surface area contributed by atoms with E-state index in [1.807, 2.05) is 6.20 Å². The molecule has 0 aliphatic carbocycles. The van der Waals surface area contributed by atoms with Crippen molar-refractivity contribution >= 4 is 0 Å². The smallest absolute Gasteiger partial charge is 0.162 e. The molecule has 128 valence electrons. The third-order valence-corrected chi connectivity index (χ3v) is 4.91. The maximum Gasteiger partial charge on any atom is 0.162 e. The van der Waals surface area contributed by atoms with Crippen molar-refractivity contribution in [3.63, 3.8) is 0 Å². The van der Waals surface area contributed by atoms with Crippen LogP contribution in [-0.4, -0.2) is 40.9 Å². The van der Waals surface area contributed by atoms with E-state index >= 15 is 0 Å². The number of aryl methyl sites for hydroxylation is 1. The summed E-state index contributed by atoms with van der Waals surface area (Å²) in [6.45, 7) is 6.84. The number of aromatic nitrogens is 6. The molecule has 0 unspecified atom stereocenters. The van der Waals surface area contributed by atoms with E-state index in [0.29, 0.717) is 5.82 Å². The topological polar surface area (TPSA) is 72.6 Å². The maximum absolute atomic E-state index is 4.72. The van der Waals surface area contributed by atoms with Crippen molar-refractivity contribution in [3.05, 3.63) is 53.4 Å². The molecule has 4 heterocycles. The Morgan fingerprint density at radius 3 is 2.60 bits per heavy atom. The third-order valence-electron chi connectivity index (χ3n) is 4.91. The first-order chi connectivity index (χ1) is 12.1. The molecule has 7 nitrogen and oxygen atoms in total. The highest BCUT2D eigenvalue weighted by molar-refractivity contribution is 5.52. The monoisotopic (exact) mass is 335 g/mol. The van der Waals surface area contributed by atoms with Gasteiger partial charge in [0.05, 0.1) is 23.5 Å². The average molecular weight is 335 g/mol. The second kappa shape index (κ2) is 6.33. The summed E-state index contributed by atoms with van der Waals surface area (Å²) in [6, 6.07) is 0. The van der Waals surface area contributed by atoms with Gasteiger partial charge in [-0.05, 0) is 13.8 Å². The normalized spacial score (nSPS) is 14.5. The van der Waals surface area contributed by atoms with Gasteiger partial charge in [0.2, 0.25) is 0 Å². The molecule has 0 spiro atoms. The molecule has 0 bridgehead atoms. The molecule has 0 saturated heterocycles. The van der Waals surface area contributed by atoms with E-state index in [1.54, 1.807) is 12.4 Å². The van der Waals surface area contributed by atoms with Crippen molar-refractivity contribution in [2.45, 2.75) is 33.4 Å². The fraction of sp³-hybridized carbons (Fsp3) is 0.389. The summed E-state index contributed by atoms with van der Waals surface area (Å²) in [6.07, 6.45) is 7.86. The van der Waals surface area contributed by atoms with Crippen molar-refractivity contribution < 1.29 is 0 Å². The van der Waals surface area contributed by atoms with Crippen LogP contribution in [0.4, 0.5) is 0 Å². The number of rotatable bonds is 3. The summed E-state index contributed by atoms with van der Waals surface area (Å²) in [4.78, 5) is 24.4. The van der Waals surface area contributed by atoms with Crippen molar-refractivity contribution in [2.24, 2.45) is 7.05 Å². The van der Waals surface area contributed by atoms with Crippen LogP contribution in [0.15, 0.2) is 24.9 Å². The molecular weight excluding hydrogens is 314 g/mol. The molecule has 7 heteroatoms. The van der Waals surface area contributed by atoms with Crippen LogP contribution < -0.4 is 0 Å². The van der Waals surface area contributed by atoms with Gasteiger partial charge in [-0.1, -0.05) is 0 Å². The van der Waals surface area contributed by atoms with Crippen LogP contribution in [0.1, 0.15) is 28.5 Å². The summed E-state index contributed by atoms with van der Waals surface area (Å²) in [5.41, 5.74) is 5.50. The Hall–Kier alpha value is -2.67. The van der Waals surface area contributed by atoms with Gasteiger partial charge in [0, 0.05) is 56.4 Å². The summed E-state index contributed by atoms with van der Waals surface area (Å²) in [5.74, 6) is 1.81. The molecule has 0 N–H and O–H groups in total. The summed E-state index contributed by atoms with van der Waals surface area (Å²) in [7, 11) is 2.08. The fourth-order valence-corrected chi connectivity index (χ4v) is 3.19. The number of fused-ring (bicyclic) bond motifs is 1. The highest BCUT2D eigenvalue weighted by Crippen LogP contribution is 2.21. The second-order valence-corrected chi connectivity index (χ2v) is 6.51. The lowest BCUT2D eigenvalue weighted by molar-refractivity contribution is 0.234. The van der Waals surface area contributed by atoms with Crippen LogP contribution >= 0.6 is 0 Å². The molecule has 1 aliphatic heterocycles. The van der Waals surface area contributed by atoms with Gasteiger partial charge in [-0.25, -0.2) is 24.9 Å². The molecule has 25 heavy (non-hydrogen) atoms. The molecule has 0 amide bonds. The Kier molecular flexibility index (Phi) is 4.01. The minimum absolute atomic E-state index is 0.697. The standard InChI is InChI=1S/C18H21N7/c1-12-13(2)24(3)17(22-12)10-25-5-4-16-15(9-25)8-21-18(23-16)14-6-19-11-20-7-14/h6-8,11H,4-5,9-10H2,1-3H3. The van der Waals surface area contributed by atoms with Gasteiger partial charge in [-0.15, -0.1) is 0 Å². The fourth-order valence-electron chi connectivity index (χ4n) is 3.19. The van der Waals surface area contributed by atoms with Crippen molar-refractivity contribution in [1.82, 2.24) is 34.4 Å². The maximum atomic E-state index is 4.72. The molecule has 4 rings (SSSR count). The SMILES string of the molecule is Cc1nc(CN2CCc3nc(-c4cncnc4)ncc3C2)n(C)c1C. The number of hydrogen-bond donors (Lipinski definition) is 0. The van der Waals surface area contributed by atoms with E-state index in [0.717, 1.165) is 48.8 Å². The average Bonchev–Trinajstić information content (AvgIpc) is 2.89. The van der Waals surface area contributed by atoms with Crippen molar-refractivity contribution in [3.8, 4) is 11.4 Å². The van der Waals surface area contributed by atoms with Gasteiger partial charge in [0.1, 0.15) is 12.2 Å². The van der Waals surface area contributed by atoms with E-state index in [4.69, 9.17) is 4.98 Å². The predicted octanol–water partition coefficient (Wildman–Crippen LogP) is 1.84. The Bertz CT molecular complexity index is 901. The second-order valence-electron chi connectivity index (χ2n) is 6.51. The molecule has 0 aromatic carbocycles.